The molecule has 2 nitrogen and oxygen atoms in total. The molecule has 0 aliphatic heterocycles. The zero-order valence-corrected chi connectivity index (χ0v) is 11.3. The highest BCUT2D eigenvalue weighted by molar-refractivity contribution is 5.89. The molecule has 0 bridgehead atoms. The summed E-state index contributed by atoms with van der Waals surface area (Å²) in [6, 6.07) is 16.0. The van der Waals surface area contributed by atoms with Crippen LogP contribution in [0.25, 0.3) is 11.1 Å². The van der Waals surface area contributed by atoms with E-state index < -0.39 is 0 Å². The minimum atomic E-state index is -0.301. The lowest BCUT2D eigenvalue weighted by Crippen LogP contribution is -2.00. The van der Waals surface area contributed by atoms with Crippen molar-refractivity contribution in [3.8, 4) is 11.1 Å². The van der Waals surface area contributed by atoms with Gasteiger partial charge in [0, 0.05) is 0 Å². The lowest BCUT2D eigenvalue weighted by Gasteiger charge is -2.05. The minimum absolute atomic E-state index is 0.301. The topological polar surface area (TPSA) is 26.3 Å². The van der Waals surface area contributed by atoms with Gasteiger partial charge in [0.2, 0.25) is 0 Å². The second-order valence-corrected chi connectivity index (χ2v) is 4.52. The zero-order valence-electron chi connectivity index (χ0n) is 11.3. The molecule has 0 aliphatic rings. The molecule has 0 spiro atoms. The van der Waals surface area contributed by atoms with Crippen molar-refractivity contribution in [3.63, 3.8) is 0 Å². The van der Waals surface area contributed by atoms with E-state index in [0.717, 1.165) is 24.0 Å². The molecule has 2 rings (SSSR count). The maximum Gasteiger partial charge on any atom is 0.337 e. The van der Waals surface area contributed by atoms with Gasteiger partial charge in [-0.2, -0.15) is 0 Å². The second-order valence-electron chi connectivity index (χ2n) is 4.52. The third-order valence-corrected chi connectivity index (χ3v) is 3.13. The molecule has 2 aromatic rings. The maximum atomic E-state index is 11.4. The number of carbonyl (C=O) groups is 1. The van der Waals surface area contributed by atoms with E-state index in [0.29, 0.717) is 5.56 Å². The Bertz CT molecular complexity index is 538. The molecule has 98 valence electrons. The highest BCUT2D eigenvalue weighted by atomic mass is 16.5. The Balaban J connectivity index is 2.19. The molecule has 2 heteroatoms. The van der Waals surface area contributed by atoms with Crippen molar-refractivity contribution in [2.24, 2.45) is 0 Å². The van der Waals surface area contributed by atoms with E-state index in [9.17, 15) is 4.79 Å². The summed E-state index contributed by atoms with van der Waals surface area (Å²) in [6.07, 6.45) is 2.27. The van der Waals surface area contributed by atoms with E-state index >= 15 is 0 Å². The Hall–Kier alpha value is -2.09. The molecule has 0 radical (unpaired) electrons. The quantitative estimate of drug-likeness (QED) is 0.768. The fraction of sp³-hybridized carbons (Fsp3) is 0.235. The molecule has 0 aliphatic carbocycles. The molecule has 0 N–H and O–H groups in total. The molecule has 0 saturated carbocycles. The van der Waals surface area contributed by atoms with Gasteiger partial charge in [0.05, 0.1) is 12.7 Å². The summed E-state index contributed by atoms with van der Waals surface area (Å²) in [5.41, 5.74) is 4.21. The predicted molar refractivity (Wildman–Crippen MR) is 77.2 cm³/mol. The first-order chi connectivity index (χ1) is 9.24. The largest absolute Gasteiger partial charge is 0.465 e. The molecular formula is C17H18O2. The van der Waals surface area contributed by atoms with Crippen LogP contribution < -0.4 is 0 Å². The fourth-order valence-electron chi connectivity index (χ4n) is 2.07. The van der Waals surface area contributed by atoms with Crippen molar-refractivity contribution < 1.29 is 9.53 Å². The Morgan fingerprint density at radius 3 is 1.95 bits per heavy atom. The fourth-order valence-corrected chi connectivity index (χ4v) is 2.07. The van der Waals surface area contributed by atoms with Gasteiger partial charge in [-0.25, -0.2) is 4.79 Å². The number of ether oxygens (including phenoxy) is 1. The van der Waals surface area contributed by atoms with Gasteiger partial charge in [0.15, 0.2) is 0 Å². The van der Waals surface area contributed by atoms with Crippen LogP contribution >= 0.6 is 0 Å². The number of benzene rings is 2. The van der Waals surface area contributed by atoms with E-state index in [2.05, 4.69) is 35.9 Å². The van der Waals surface area contributed by atoms with Gasteiger partial charge in [0.25, 0.3) is 0 Å². The number of esters is 1. The number of carbonyl (C=O) groups excluding carboxylic acids is 1. The van der Waals surface area contributed by atoms with Gasteiger partial charge < -0.3 is 4.74 Å². The van der Waals surface area contributed by atoms with E-state index in [1.54, 1.807) is 12.1 Å². The van der Waals surface area contributed by atoms with Gasteiger partial charge in [-0.1, -0.05) is 49.7 Å². The normalized spacial score (nSPS) is 10.2. The number of hydrogen-bond acceptors (Lipinski definition) is 2. The first-order valence-electron chi connectivity index (χ1n) is 6.52. The van der Waals surface area contributed by atoms with Crippen LogP contribution in [0.2, 0.25) is 0 Å². The van der Waals surface area contributed by atoms with Crippen molar-refractivity contribution in [2.75, 3.05) is 7.11 Å². The molecule has 2 aromatic carbocycles. The Morgan fingerprint density at radius 2 is 1.47 bits per heavy atom. The van der Waals surface area contributed by atoms with Gasteiger partial charge in [-0.05, 0) is 35.2 Å². The minimum Gasteiger partial charge on any atom is -0.465 e. The predicted octanol–water partition coefficient (Wildman–Crippen LogP) is 4.09. The number of aryl methyl sites for hydroxylation is 1. The van der Waals surface area contributed by atoms with Crippen LogP contribution in [0.15, 0.2) is 48.5 Å². The second kappa shape index (κ2) is 6.19. The van der Waals surface area contributed by atoms with E-state index in [1.807, 2.05) is 12.1 Å². The molecule has 0 fully saturated rings. The summed E-state index contributed by atoms with van der Waals surface area (Å²) in [5.74, 6) is -0.301. The number of hydrogen-bond donors (Lipinski definition) is 0. The van der Waals surface area contributed by atoms with E-state index in [1.165, 1.54) is 12.7 Å². The number of methoxy groups -OCH3 is 1. The molecule has 0 amide bonds. The SMILES string of the molecule is CCCc1ccc(-c2ccc(C(=O)OC)cc2)cc1. The van der Waals surface area contributed by atoms with E-state index in [4.69, 9.17) is 0 Å². The Labute approximate surface area is 114 Å². The monoisotopic (exact) mass is 254 g/mol. The van der Waals surface area contributed by atoms with E-state index in [-0.39, 0.29) is 5.97 Å². The summed E-state index contributed by atoms with van der Waals surface area (Å²) >= 11 is 0. The highest BCUT2D eigenvalue weighted by Crippen LogP contribution is 2.21. The molecular weight excluding hydrogens is 236 g/mol. The lowest BCUT2D eigenvalue weighted by molar-refractivity contribution is 0.0601. The molecule has 0 atom stereocenters. The zero-order chi connectivity index (χ0) is 13.7. The summed E-state index contributed by atoms with van der Waals surface area (Å²) in [4.78, 5) is 11.4. The summed E-state index contributed by atoms with van der Waals surface area (Å²) < 4.78 is 4.69. The molecule has 0 unspecified atom stereocenters. The van der Waals surface area contributed by atoms with Crippen LogP contribution in [0.4, 0.5) is 0 Å². The van der Waals surface area contributed by atoms with Gasteiger partial charge in [-0.15, -0.1) is 0 Å². The van der Waals surface area contributed by atoms with Crippen LogP contribution in [0.1, 0.15) is 29.3 Å². The number of rotatable bonds is 4. The molecule has 0 heterocycles. The van der Waals surface area contributed by atoms with Crippen LogP contribution in [0.5, 0.6) is 0 Å². The average molecular weight is 254 g/mol. The van der Waals surface area contributed by atoms with Crippen molar-refractivity contribution in [3.05, 3.63) is 59.7 Å². The van der Waals surface area contributed by atoms with Crippen molar-refractivity contribution >= 4 is 5.97 Å². The Morgan fingerprint density at radius 1 is 0.947 bits per heavy atom. The van der Waals surface area contributed by atoms with Gasteiger partial charge in [0.1, 0.15) is 0 Å². The first kappa shape index (κ1) is 13.3. The van der Waals surface area contributed by atoms with Crippen molar-refractivity contribution in [1.82, 2.24) is 0 Å². The summed E-state index contributed by atoms with van der Waals surface area (Å²) in [7, 11) is 1.39. The van der Waals surface area contributed by atoms with Crippen LogP contribution in [-0.4, -0.2) is 13.1 Å². The maximum absolute atomic E-state index is 11.4. The third-order valence-electron chi connectivity index (χ3n) is 3.13. The highest BCUT2D eigenvalue weighted by Gasteiger charge is 2.05. The molecule has 0 aromatic heterocycles. The third kappa shape index (κ3) is 3.22. The van der Waals surface area contributed by atoms with Crippen LogP contribution in [0.3, 0.4) is 0 Å². The first-order valence-corrected chi connectivity index (χ1v) is 6.52. The van der Waals surface area contributed by atoms with Crippen LogP contribution in [-0.2, 0) is 11.2 Å². The Kier molecular flexibility index (Phi) is 4.35. The average Bonchev–Trinajstić information content (AvgIpc) is 2.48. The van der Waals surface area contributed by atoms with Crippen molar-refractivity contribution in [1.29, 1.82) is 0 Å². The van der Waals surface area contributed by atoms with Gasteiger partial charge >= 0.3 is 5.97 Å². The van der Waals surface area contributed by atoms with Crippen molar-refractivity contribution in [2.45, 2.75) is 19.8 Å². The summed E-state index contributed by atoms with van der Waals surface area (Å²) in [5, 5.41) is 0. The van der Waals surface area contributed by atoms with Gasteiger partial charge in [-0.3, -0.25) is 0 Å². The smallest absolute Gasteiger partial charge is 0.337 e. The standard InChI is InChI=1S/C17H18O2/c1-3-4-13-5-7-14(8-6-13)15-9-11-16(12-10-15)17(18)19-2/h5-12H,3-4H2,1-2H3. The molecule has 0 saturated heterocycles. The van der Waals surface area contributed by atoms with Crippen LogP contribution in [0, 0.1) is 0 Å². The summed E-state index contributed by atoms with van der Waals surface area (Å²) in [6.45, 7) is 2.18. The lowest BCUT2D eigenvalue weighted by atomic mass is 10.0. The molecule has 19 heavy (non-hydrogen) atoms.